The Morgan fingerprint density at radius 3 is 2.50 bits per heavy atom. The number of carbonyl (C=O) groups is 1. The molecule has 0 unspecified atom stereocenters. The van der Waals surface area contributed by atoms with Crippen molar-refractivity contribution in [3.63, 3.8) is 0 Å². The third kappa shape index (κ3) is 3.82. The molecule has 26 heavy (non-hydrogen) atoms. The van der Waals surface area contributed by atoms with E-state index in [0.717, 1.165) is 24.0 Å². The minimum Gasteiger partial charge on any atom is -0.331 e. The van der Waals surface area contributed by atoms with Crippen LogP contribution in [-0.4, -0.2) is 26.6 Å². The maximum absolute atomic E-state index is 13.1. The van der Waals surface area contributed by atoms with Gasteiger partial charge in [-0.05, 0) is 36.1 Å². The zero-order valence-electron chi connectivity index (χ0n) is 14.4. The monoisotopic (exact) mass is 349 g/mol. The quantitative estimate of drug-likeness (QED) is 0.677. The molecule has 0 saturated heterocycles. The minimum absolute atomic E-state index is 0.0175. The van der Waals surface area contributed by atoms with Gasteiger partial charge < -0.3 is 4.90 Å². The molecule has 5 heteroatoms. The number of halogens is 1. The first-order chi connectivity index (χ1) is 12.7. The molecule has 2 aromatic carbocycles. The van der Waals surface area contributed by atoms with Gasteiger partial charge >= 0.3 is 0 Å². The van der Waals surface area contributed by atoms with Gasteiger partial charge in [-0.15, -0.1) is 0 Å². The molecule has 0 bridgehead atoms. The van der Waals surface area contributed by atoms with Gasteiger partial charge in [-0.25, -0.2) is 4.39 Å². The van der Waals surface area contributed by atoms with E-state index >= 15 is 0 Å². The molecule has 0 atom stereocenters. The summed E-state index contributed by atoms with van der Waals surface area (Å²) in [7, 11) is 0. The number of carbonyl (C=O) groups excluding carboxylic acids is 1. The molecule has 0 aliphatic heterocycles. The second-order valence-electron chi connectivity index (χ2n) is 6.70. The molecule has 1 aromatic heterocycles. The summed E-state index contributed by atoms with van der Waals surface area (Å²) in [6.45, 7) is 1.13. The summed E-state index contributed by atoms with van der Waals surface area (Å²) >= 11 is 0. The fourth-order valence-corrected chi connectivity index (χ4v) is 3.04. The molecule has 4 rings (SSSR count). The van der Waals surface area contributed by atoms with Crippen molar-refractivity contribution in [3.8, 4) is 0 Å². The van der Waals surface area contributed by atoms with Crippen molar-refractivity contribution < 1.29 is 9.18 Å². The SMILES string of the molecule is O=C(c1cnn(Cc2ccccc2)c1)N(Cc1ccc(F)cc1)C1CC1. The first kappa shape index (κ1) is 16.5. The van der Waals surface area contributed by atoms with Crippen LogP contribution < -0.4 is 0 Å². The summed E-state index contributed by atoms with van der Waals surface area (Å²) in [6, 6.07) is 16.6. The first-order valence-corrected chi connectivity index (χ1v) is 8.81. The van der Waals surface area contributed by atoms with E-state index in [1.807, 2.05) is 35.2 Å². The van der Waals surface area contributed by atoms with Crippen molar-refractivity contribution in [2.45, 2.75) is 32.0 Å². The van der Waals surface area contributed by atoms with E-state index in [4.69, 9.17) is 0 Å². The Balaban J connectivity index is 1.48. The minimum atomic E-state index is -0.264. The average Bonchev–Trinajstić information content (AvgIpc) is 3.40. The van der Waals surface area contributed by atoms with Gasteiger partial charge in [0.25, 0.3) is 5.91 Å². The molecule has 1 fully saturated rings. The molecule has 1 heterocycles. The summed E-state index contributed by atoms with van der Waals surface area (Å²) in [5.74, 6) is -0.281. The van der Waals surface area contributed by atoms with Crippen LogP contribution in [0.25, 0.3) is 0 Å². The molecule has 0 spiro atoms. The van der Waals surface area contributed by atoms with Gasteiger partial charge in [0.05, 0.1) is 18.3 Å². The normalized spacial score (nSPS) is 13.6. The Hall–Kier alpha value is -2.95. The number of benzene rings is 2. The van der Waals surface area contributed by atoms with Gasteiger partial charge in [0, 0.05) is 18.8 Å². The Kier molecular flexibility index (Phi) is 4.52. The Labute approximate surface area is 151 Å². The van der Waals surface area contributed by atoms with Gasteiger partial charge in [-0.3, -0.25) is 9.48 Å². The second kappa shape index (κ2) is 7.12. The Morgan fingerprint density at radius 2 is 1.81 bits per heavy atom. The lowest BCUT2D eigenvalue weighted by Crippen LogP contribution is -2.32. The van der Waals surface area contributed by atoms with E-state index in [2.05, 4.69) is 5.10 Å². The predicted octanol–water partition coefficient (Wildman–Crippen LogP) is 3.88. The highest BCUT2D eigenvalue weighted by Gasteiger charge is 2.33. The summed E-state index contributed by atoms with van der Waals surface area (Å²) < 4.78 is 14.9. The van der Waals surface area contributed by atoms with Gasteiger partial charge in [0.1, 0.15) is 5.82 Å². The van der Waals surface area contributed by atoms with Crippen LogP contribution in [0, 0.1) is 5.82 Å². The third-order valence-electron chi connectivity index (χ3n) is 4.58. The third-order valence-corrected chi connectivity index (χ3v) is 4.58. The van der Waals surface area contributed by atoms with Crippen LogP contribution in [0.4, 0.5) is 4.39 Å². The van der Waals surface area contributed by atoms with Crippen LogP contribution in [0.3, 0.4) is 0 Å². The van der Waals surface area contributed by atoms with E-state index in [-0.39, 0.29) is 17.8 Å². The lowest BCUT2D eigenvalue weighted by molar-refractivity contribution is 0.0730. The van der Waals surface area contributed by atoms with Crippen LogP contribution in [0.15, 0.2) is 67.0 Å². The molecular formula is C21H20FN3O. The van der Waals surface area contributed by atoms with Crippen molar-refractivity contribution in [3.05, 3.63) is 89.5 Å². The number of rotatable bonds is 6. The van der Waals surface area contributed by atoms with Crippen LogP contribution in [0.1, 0.15) is 34.3 Å². The van der Waals surface area contributed by atoms with Gasteiger partial charge in [0.2, 0.25) is 0 Å². The summed E-state index contributed by atoms with van der Waals surface area (Å²) in [4.78, 5) is 14.8. The summed E-state index contributed by atoms with van der Waals surface area (Å²) in [6.07, 6.45) is 5.47. The predicted molar refractivity (Wildman–Crippen MR) is 97.1 cm³/mol. The van der Waals surface area contributed by atoms with Crippen molar-refractivity contribution in [2.24, 2.45) is 0 Å². The van der Waals surface area contributed by atoms with Crippen molar-refractivity contribution >= 4 is 5.91 Å². The highest BCUT2D eigenvalue weighted by atomic mass is 19.1. The zero-order valence-corrected chi connectivity index (χ0v) is 14.4. The fourth-order valence-electron chi connectivity index (χ4n) is 3.04. The molecule has 0 radical (unpaired) electrons. The summed E-state index contributed by atoms with van der Waals surface area (Å²) in [5, 5.41) is 4.33. The topological polar surface area (TPSA) is 38.1 Å². The van der Waals surface area contributed by atoms with E-state index in [9.17, 15) is 9.18 Å². The maximum atomic E-state index is 13.1. The molecule has 1 saturated carbocycles. The van der Waals surface area contributed by atoms with Gasteiger partial charge in [0.15, 0.2) is 0 Å². The molecule has 1 aliphatic rings. The molecule has 132 valence electrons. The number of nitrogens with zero attached hydrogens (tertiary/aromatic N) is 3. The fraction of sp³-hybridized carbons (Fsp3) is 0.238. The number of hydrogen-bond acceptors (Lipinski definition) is 2. The molecule has 1 amide bonds. The Bertz CT molecular complexity index is 885. The van der Waals surface area contributed by atoms with Gasteiger partial charge in [-0.1, -0.05) is 42.5 Å². The van der Waals surface area contributed by atoms with Crippen LogP contribution >= 0.6 is 0 Å². The largest absolute Gasteiger partial charge is 0.331 e. The standard InChI is InChI=1S/C21H20FN3O/c22-19-8-6-17(7-9-19)14-25(20-10-11-20)21(26)18-12-23-24(15-18)13-16-4-2-1-3-5-16/h1-9,12,15,20H,10-11,13-14H2. The van der Waals surface area contributed by atoms with Gasteiger partial charge in [-0.2, -0.15) is 5.10 Å². The second-order valence-corrected chi connectivity index (χ2v) is 6.70. The number of hydrogen-bond donors (Lipinski definition) is 0. The van der Waals surface area contributed by atoms with E-state index in [1.54, 1.807) is 29.2 Å². The van der Waals surface area contributed by atoms with Crippen LogP contribution in [0.2, 0.25) is 0 Å². The lowest BCUT2D eigenvalue weighted by atomic mass is 10.2. The van der Waals surface area contributed by atoms with Crippen LogP contribution in [-0.2, 0) is 13.1 Å². The van der Waals surface area contributed by atoms with Crippen molar-refractivity contribution in [1.29, 1.82) is 0 Å². The first-order valence-electron chi connectivity index (χ1n) is 8.81. The molecular weight excluding hydrogens is 329 g/mol. The highest BCUT2D eigenvalue weighted by molar-refractivity contribution is 5.94. The zero-order chi connectivity index (χ0) is 17.9. The Morgan fingerprint density at radius 1 is 1.08 bits per heavy atom. The van der Waals surface area contributed by atoms with E-state index in [0.29, 0.717) is 18.7 Å². The number of amides is 1. The van der Waals surface area contributed by atoms with Crippen molar-refractivity contribution in [1.82, 2.24) is 14.7 Å². The number of aromatic nitrogens is 2. The lowest BCUT2D eigenvalue weighted by Gasteiger charge is -2.22. The smallest absolute Gasteiger partial charge is 0.257 e. The van der Waals surface area contributed by atoms with Crippen LogP contribution in [0.5, 0.6) is 0 Å². The highest BCUT2D eigenvalue weighted by Crippen LogP contribution is 2.30. The van der Waals surface area contributed by atoms with Crippen molar-refractivity contribution in [2.75, 3.05) is 0 Å². The maximum Gasteiger partial charge on any atom is 0.257 e. The van der Waals surface area contributed by atoms with E-state index < -0.39 is 0 Å². The summed E-state index contributed by atoms with van der Waals surface area (Å²) in [5.41, 5.74) is 2.67. The molecule has 0 N–H and O–H groups in total. The molecule has 1 aliphatic carbocycles. The molecule has 3 aromatic rings. The molecule has 4 nitrogen and oxygen atoms in total. The average molecular weight is 349 g/mol. The van der Waals surface area contributed by atoms with E-state index in [1.165, 1.54) is 12.1 Å².